The largest absolute Gasteiger partial charge is 0.497 e. The lowest BCUT2D eigenvalue weighted by Crippen LogP contribution is -2.15. The Hall–Kier alpha value is -3.13. The van der Waals surface area contributed by atoms with Crippen molar-refractivity contribution in [3.63, 3.8) is 0 Å². The Balaban J connectivity index is 1.71. The second-order valence-electron chi connectivity index (χ2n) is 7.01. The molecule has 3 rings (SSSR count). The predicted molar refractivity (Wildman–Crippen MR) is 123 cm³/mol. The number of hydrogen-bond acceptors (Lipinski definition) is 6. The number of amides is 1. The van der Waals surface area contributed by atoms with E-state index in [1.807, 2.05) is 24.3 Å². The van der Waals surface area contributed by atoms with Crippen molar-refractivity contribution in [3.05, 3.63) is 54.1 Å². The SMILES string of the molecule is CCCCn1c(SCC(=O)Nc2cccc(C(C)=O)c2)nnc1-c1ccc(OC)cc1. The molecule has 0 saturated carbocycles. The smallest absolute Gasteiger partial charge is 0.234 e. The summed E-state index contributed by atoms with van der Waals surface area (Å²) in [6, 6.07) is 14.6. The summed E-state index contributed by atoms with van der Waals surface area (Å²) in [5.74, 6) is 1.54. The number of nitrogens with one attached hydrogen (secondary N) is 1. The second-order valence-corrected chi connectivity index (χ2v) is 7.96. The molecule has 0 spiro atoms. The van der Waals surface area contributed by atoms with Crippen LogP contribution in [0.25, 0.3) is 11.4 Å². The topological polar surface area (TPSA) is 86.1 Å². The molecule has 7 nitrogen and oxygen atoms in total. The van der Waals surface area contributed by atoms with Gasteiger partial charge in [-0.3, -0.25) is 9.59 Å². The Morgan fingerprint density at radius 2 is 1.90 bits per heavy atom. The van der Waals surface area contributed by atoms with E-state index in [0.29, 0.717) is 16.4 Å². The number of hydrogen-bond donors (Lipinski definition) is 1. The maximum atomic E-state index is 12.5. The summed E-state index contributed by atoms with van der Waals surface area (Å²) in [6.07, 6.45) is 2.02. The maximum absolute atomic E-state index is 12.5. The average molecular weight is 439 g/mol. The van der Waals surface area contributed by atoms with Gasteiger partial charge in [0.2, 0.25) is 5.91 Å². The Kier molecular flexibility index (Phi) is 7.83. The number of thioether (sulfide) groups is 1. The van der Waals surface area contributed by atoms with E-state index in [1.54, 1.807) is 31.4 Å². The van der Waals surface area contributed by atoms with Gasteiger partial charge in [0.25, 0.3) is 0 Å². The van der Waals surface area contributed by atoms with Crippen LogP contribution >= 0.6 is 11.8 Å². The van der Waals surface area contributed by atoms with Crippen molar-refractivity contribution < 1.29 is 14.3 Å². The van der Waals surface area contributed by atoms with Gasteiger partial charge in [0.1, 0.15) is 5.75 Å². The molecule has 1 aromatic heterocycles. The number of unbranched alkanes of at least 4 members (excludes halogenated alkanes) is 1. The zero-order valence-electron chi connectivity index (χ0n) is 17.9. The van der Waals surface area contributed by atoms with Crippen LogP contribution in [0.2, 0.25) is 0 Å². The molecule has 0 atom stereocenters. The molecule has 2 aromatic carbocycles. The summed E-state index contributed by atoms with van der Waals surface area (Å²) in [6.45, 7) is 4.41. The van der Waals surface area contributed by atoms with E-state index < -0.39 is 0 Å². The van der Waals surface area contributed by atoms with Crippen LogP contribution in [0.5, 0.6) is 5.75 Å². The van der Waals surface area contributed by atoms with Crippen molar-refractivity contribution in [1.29, 1.82) is 0 Å². The molecule has 0 aliphatic carbocycles. The number of aromatic nitrogens is 3. The molecule has 162 valence electrons. The van der Waals surface area contributed by atoms with Crippen LogP contribution < -0.4 is 10.1 Å². The fourth-order valence-corrected chi connectivity index (χ4v) is 3.77. The molecule has 1 N–H and O–H groups in total. The lowest BCUT2D eigenvalue weighted by Gasteiger charge is -2.10. The maximum Gasteiger partial charge on any atom is 0.234 e. The number of nitrogens with zero attached hydrogens (tertiary/aromatic N) is 3. The number of ether oxygens (including phenoxy) is 1. The van der Waals surface area contributed by atoms with Crippen molar-refractivity contribution in [3.8, 4) is 17.1 Å². The third-order valence-corrected chi connectivity index (χ3v) is 5.65. The summed E-state index contributed by atoms with van der Waals surface area (Å²) in [4.78, 5) is 24.0. The third-order valence-electron chi connectivity index (χ3n) is 4.69. The molecule has 1 amide bonds. The Morgan fingerprint density at radius 3 is 2.58 bits per heavy atom. The van der Waals surface area contributed by atoms with E-state index in [2.05, 4.69) is 27.0 Å². The number of carbonyl (C=O) groups is 2. The molecule has 0 fully saturated rings. The van der Waals surface area contributed by atoms with Gasteiger partial charge >= 0.3 is 0 Å². The second kappa shape index (κ2) is 10.8. The Morgan fingerprint density at radius 1 is 1.13 bits per heavy atom. The molecule has 3 aromatic rings. The monoisotopic (exact) mass is 438 g/mol. The molecule has 0 saturated heterocycles. The minimum absolute atomic E-state index is 0.0411. The van der Waals surface area contributed by atoms with Crippen LogP contribution in [0.15, 0.2) is 53.7 Å². The van der Waals surface area contributed by atoms with Gasteiger partial charge in [0.15, 0.2) is 16.8 Å². The average Bonchev–Trinajstić information content (AvgIpc) is 3.19. The van der Waals surface area contributed by atoms with E-state index >= 15 is 0 Å². The predicted octanol–water partition coefficient (Wildman–Crippen LogP) is 4.69. The number of anilines is 1. The lowest BCUT2D eigenvalue weighted by molar-refractivity contribution is -0.113. The van der Waals surface area contributed by atoms with Gasteiger partial charge in [-0.15, -0.1) is 10.2 Å². The van der Waals surface area contributed by atoms with Crippen molar-refractivity contribution in [2.75, 3.05) is 18.2 Å². The molecule has 0 bridgehead atoms. The number of Topliss-reactive ketones (excluding diaryl/α,β-unsaturated/α-hetero) is 1. The van der Waals surface area contributed by atoms with E-state index in [-0.39, 0.29) is 17.4 Å². The zero-order valence-corrected chi connectivity index (χ0v) is 18.7. The summed E-state index contributed by atoms with van der Waals surface area (Å²) < 4.78 is 7.28. The van der Waals surface area contributed by atoms with Crippen LogP contribution in [0.3, 0.4) is 0 Å². The number of methoxy groups -OCH3 is 1. The van der Waals surface area contributed by atoms with Crippen molar-refractivity contribution in [1.82, 2.24) is 14.8 Å². The van der Waals surface area contributed by atoms with Crippen molar-refractivity contribution in [2.45, 2.75) is 38.4 Å². The highest BCUT2D eigenvalue weighted by Crippen LogP contribution is 2.26. The van der Waals surface area contributed by atoms with Gasteiger partial charge in [-0.1, -0.05) is 37.2 Å². The van der Waals surface area contributed by atoms with Crippen LogP contribution in [-0.2, 0) is 11.3 Å². The molecular formula is C23H26N4O3S. The summed E-state index contributed by atoms with van der Waals surface area (Å²) in [5.41, 5.74) is 2.11. The quantitative estimate of drug-likeness (QED) is 0.365. The van der Waals surface area contributed by atoms with Gasteiger partial charge in [-0.2, -0.15) is 0 Å². The van der Waals surface area contributed by atoms with E-state index in [4.69, 9.17) is 4.74 Å². The number of benzene rings is 2. The minimum Gasteiger partial charge on any atom is -0.497 e. The minimum atomic E-state index is -0.165. The number of carbonyl (C=O) groups excluding carboxylic acids is 2. The van der Waals surface area contributed by atoms with Crippen molar-refractivity contribution in [2.24, 2.45) is 0 Å². The first-order chi connectivity index (χ1) is 15.0. The Bertz CT molecular complexity index is 1050. The van der Waals surface area contributed by atoms with Crippen molar-refractivity contribution >= 4 is 29.1 Å². The van der Waals surface area contributed by atoms with Gasteiger partial charge in [-0.25, -0.2) is 0 Å². The summed E-state index contributed by atoms with van der Waals surface area (Å²) in [7, 11) is 1.63. The third kappa shape index (κ3) is 5.95. The van der Waals surface area contributed by atoms with Crippen LogP contribution in [0.1, 0.15) is 37.0 Å². The summed E-state index contributed by atoms with van der Waals surface area (Å²) in [5, 5.41) is 12.2. The van der Waals surface area contributed by atoms with Crippen LogP contribution in [0, 0.1) is 0 Å². The van der Waals surface area contributed by atoms with E-state index in [9.17, 15) is 9.59 Å². The first kappa shape index (κ1) is 22.6. The molecular weight excluding hydrogens is 412 g/mol. The van der Waals surface area contributed by atoms with Gasteiger partial charge in [0, 0.05) is 23.4 Å². The molecule has 31 heavy (non-hydrogen) atoms. The highest BCUT2D eigenvalue weighted by molar-refractivity contribution is 7.99. The van der Waals surface area contributed by atoms with Gasteiger partial charge in [-0.05, 0) is 49.7 Å². The van der Waals surface area contributed by atoms with E-state index in [1.165, 1.54) is 18.7 Å². The Labute approximate surface area is 186 Å². The number of rotatable bonds is 10. The first-order valence-electron chi connectivity index (χ1n) is 10.1. The standard InChI is InChI=1S/C23H26N4O3S/c1-4-5-13-27-22(17-9-11-20(30-3)12-10-17)25-26-23(27)31-15-21(29)24-19-8-6-7-18(14-19)16(2)28/h6-12,14H,4-5,13,15H2,1-3H3,(H,24,29). The highest BCUT2D eigenvalue weighted by Gasteiger charge is 2.16. The van der Waals surface area contributed by atoms with Crippen LogP contribution in [-0.4, -0.2) is 39.3 Å². The molecule has 0 aliphatic rings. The molecule has 1 heterocycles. The molecule has 0 aliphatic heterocycles. The number of ketones is 1. The molecule has 0 radical (unpaired) electrons. The first-order valence-corrected chi connectivity index (χ1v) is 11.1. The fraction of sp³-hybridized carbons (Fsp3) is 0.304. The van der Waals surface area contributed by atoms with Crippen LogP contribution in [0.4, 0.5) is 5.69 Å². The highest BCUT2D eigenvalue weighted by atomic mass is 32.2. The van der Waals surface area contributed by atoms with Gasteiger partial charge in [0.05, 0.1) is 12.9 Å². The van der Waals surface area contributed by atoms with E-state index in [0.717, 1.165) is 36.5 Å². The fourth-order valence-electron chi connectivity index (χ4n) is 3.01. The van der Waals surface area contributed by atoms with Gasteiger partial charge < -0.3 is 14.6 Å². The lowest BCUT2D eigenvalue weighted by atomic mass is 10.1. The normalized spacial score (nSPS) is 10.7. The zero-order chi connectivity index (χ0) is 22.2. The molecule has 8 heteroatoms. The molecule has 0 unspecified atom stereocenters. The summed E-state index contributed by atoms with van der Waals surface area (Å²) >= 11 is 1.34.